The largest absolute Gasteiger partial charge is 0.384 e. The van der Waals surface area contributed by atoms with E-state index < -0.39 is 0 Å². The number of morpholine rings is 1. The summed E-state index contributed by atoms with van der Waals surface area (Å²) in [7, 11) is 0. The lowest BCUT2D eigenvalue weighted by atomic mass is 10.2. The number of hydrogen-bond donors (Lipinski definition) is 1. The fourth-order valence-corrected chi connectivity index (χ4v) is 2.53. The standard InChI is InChI=1S/C15H23N3O2/c16-15-7-13(3-4-17-15)8-18-5-6-20-14(9-18)11-19-10-12-1-2-12/h3-4,7,12,14H,1-2,5-6,8-11H2,(H2,16,17). The number of rotatable bonds is 6. The molecule has 0 bridgehead atoms. The zero-order valence-electron chi connectivity index (χ0n) is 11.8. The lowest BCUT2D eigenvalue weighted by Gasteiger charge is -2.32. The van der Waals surface area contributed by atoms with Crippen LogP contribution in [0.1, 0.15) is 18.4 Å². The average Bonchev–Trinajstić information content (AvgIpc) is 3.23. The van der Waals surface area contributed by atoms with E-state index in [4.69, 9.17) is 15.2 Å². The second-order valence-corrected chi connectivity index (χ2v) is 5.80. The van der Waals surface area contributed by atoms with E-state index in [1.807, 2.05) is 12.1 Å². The van der Waals surface area contributed by atoms with Crippen LogP contribution >= 0.6 is 0 Å². The minimum absolute atomic E-state index is 0.196. The Morgan fingerprint density at radius 3 is 3.10 bits per heavy atom. The van der Waals surface area contributed by atoms with Crippen LogP contribution in [0.3, 0.4) is 0 Å². The predicted octanol–water partition coefficient (Wildman–Crippen LogP) is 1.29. The number of nitrogen functional groups attached to an aromatic ring is 1. The number of nitrogens with two attached hydrogens (primary N) is 1. The molecule has 1 atom stereocenters. The average molecular weight is 277 g/mol. The molecule has 0 amide bonds. The first-order valence-electron chi connectivity index (χ1n) is 7.42. The van der Waals surface area contributed by atoms with Crippen molar-refractivity contribution >= 4 is 5.82 Å². The zero-order chi connectivity index (χ0) is 13.8. The lowest BCUT2D eigenvalue weighted by Crippen LogP contribution is -2.44. The normalized spacial score (nSPS) is 23.9. The molecule has 2 fully saturated rings. The Morgan fingerprint density at radius 2 is 2.30 bits per heavy atom. The van der Waals surface area contributed by atoms with E-state index in [2.05, 4.69) is 9.88 Å². The zero-order valence-corrected chi connectivity index (χ0v) is 11.8. The van der Waals surface area contributed by atoms with Crippen molar-refractivity contribution in [2.24, 2.45) is 5.92 Å². The number of aromatic nitrogens is 1. The monoisotopic (exact) mass is 277 g/mol. The minimum Gasteiger partial charge on any atom is -0.384 e. The van der Waals surface area contributed by atoms with Gasteiger partial charge in [0.25, 0.3) is 0 Å². The highest BCUT2D eigenvalue weighted by atomic mass is 16.5. The summed E-state index contributed by atoms with van der Waals surface area (Å²) in [5, 5.41) is 0. The van der Waals surface area contributed by atoms with E-state index in [0.717, 1.165) is 38.8 Å². The molecule has 5 nitrogen and oxygen atoms in total. The van der Waals surface area contributed by atoms with Gasteiger partial charge >= 0.3 is 0 Å². The van der Waals surface area contributed by atoms with Crippen LogP contribution in [0, 0.1) is 5.92 Å². The molecule has 5 heteroatoms. The van der Waals surface area contributed by atoms with Crippen LogP contribution in [0.25, 0.3) is 0 Å². The van der Waals surface area contributed by atoms with Crippen LogP contribution in [0.15, 0.2) is 18.3 Å². The molecule has 1 aromatic heterocycles. The third kappa shape index (κ3) is 4.16. The van der Waals surface area contributed by atoms with Gasteiger partial charge in [-0.15, -0.1) is 0 Å². The molecule has 1 aliphatic carbocycles. The van der Waals surface area contributed by atoms with E-state index in [1.165, 1.54) is 18.4 Å². The van der Waals surface area contributed by atoms with Gasteiger partial charge in [0.05, 0.1) is 19.3 Å². The van der Waals surface area contributed by atoms with Crippen molar-refractivity contribution in [3.8, 4) is 0 Å². The van der Waals surface area contributed by atoms with E-state index in [1.54, 1.807) is 6.20 Å². The highest BCUT2D eigenvalue weighted by Crippen LogP contribution is 2.28. The fraction of sp³-hybridized carbons (Fsp3) is 0.667. The van der Waals surface area contributed by atoms with Gasteiger partial charge in [0, 0.05) is 32.4 Å². The van der Waals surface area contributed by atoms with Crippen molar-refractivity contribution in [3.63, 3.8) is 0 Å². The summed E-state index contributed by atoms with van der Waals surface area (Å²) >= 11 is 0. The molecule has 2 heterocycles. The number of hydrogen-bond acceptors (Lipinski definition) is 5. The molecule has 2 N–H and O–H groups in total. The molecule has 3 rings (SSSR count). The summed E-state index contributed by atoms with van der Waals surface area (Å²) in [6, 6.07) is 3.96. The van der Waals surface area contributed by atoms with E-state index in [-0.39, 0.29) is 6.10 Å². The molecule has 1 aliphatic heterocycles. The maximum atomic E-state index is 5.77. The van der Waals surface area contributed by atoms with Crippen LogP contribution in [0.5, 0.6) is 0 Å². The maximum Gasteiger partial charge on any atom is 0.123 e. The first-order valence-corrected chi connectivity index (χ1v) is 7.42. The Bertz CT molecular complexity index is 437. The van der Waals surface area contributed by atoms with E-state index in [0.29, 0.717) is 12.4 Å². The van der Waals surface area contributed by atoms with Gasteiger partial charge in [0.1, 0.15) is 5.82 Å². The highest BCUT2D eigenvalue weighted by molar-refractivity contribution is 5.31. The molecule has 0 spiro atoms. The van der Waals surface area contributed by atoms with Gasteiger partial charge in [-0.25, -0.2) is 4.98 Å². The second kappa shape index (κ2) is 6.52. The van der Waals surface area contributed by atoms with Crippen LogP contribution in [0.4, 0.5) is 5.82 Å². The Balaban J connectivity index is 1.44. The van der Waals surface area contributed by atoms with Gasteiger partial charge in [0.2, 0.25) is 0 Å². The highest BCUT2D eigenvalue weighted by Gasteiger charge is 2.24. The topological polar surface area (TPSA) is 60.6 Å². The Morgan fingerprint density at radius 1 is 1.40 bits per heavy atom. The third-order valence-corrected chi connectivity index (χ3v) is 3.83. The van der Waals surface area contributed by atoms with Gasteiger partial charge in [-0.05, 0) is 36.5 Å². The lowest BCUT2D eigenvalue weighted by molar-refractivity contribution is -0.0723. The minimum atomic E-state index is 0.196. The summed E-state index contributed by atoms with van der Waals surface area (Å²) in [5.41, 5.74) is 6.92. The van der Waals surface area contributed by atoms with Crippen molar-refractivity contribution in [2.45, 2.75) is 25.5 Å². The summed E-state index contributed by atoms with van der Waals surface area (Å²) in [4.78, 5) is 6.42. The van der Waals surface area contributed by atoms with Gasteiger partial charge in [0.15, 0.2) is 0 Å². The Hall–Kier alpha value is -1.17. The Labute approximate surface area is 120 Å². The summed E-state index contributed by atoms with van der Waals surface area (Å²) in [5.74, 6) is 1.40. The molecule has 0 radical (unpaired) electrons. The number of ether oxygens (including phenoxy) is 2. The van der Waals surface area contributed by atoms with Gasteiger partial charge in [-0.3, -0.25) is 4.90 Å². The van der Waals surface area contributed by atoms with Gasteiger partial charge < -0.3 is 15.2 Å². The number of nitrogens with zero attached hydrogens (tertiary/aromatic N) is 2. The predicted molar refractivity (Wildman–Crippen MR) is 77.2 cm³/mol. The summed E-state index contributed by atoms with van der Waals surface area (Å²) < 4.78 is 11.5. The van der Waals surface area contributed by atoms with Crippen LogP contribution in [0.2, 0.25) is 0 Å². The molecular weight excluding hydrogens is 254 g/mol. The Kier molecular flexibility index (Phi) is 4.50. The summed E-state index contributed by atoms with van der Waals surface area (Å²) in [6.45, 7) is 5.17. The SMILES string of the molecule is Nc1cc(CN2CCOC(COCC3CC3)C2)ccn1. The van der Waals surface area contributed by atoms with Crippen LogP contribution in [-0.2, 0) is 16.0 Å². The first-order chi connectivity index (χ1) is 9.79. The second-order valence-electron chi connectivity index (χ2n) is 5.80. The van der Waals surface area contributed by atoms with E-state index in [9.17, 15) is 0 Å². The smallest absolute Gasteiger partial charge is 0.123 e. The van der Waals surface area contributed by atoms with Gasteiger partial charge in [-0.2, -0.15) is 0 Å². The van der Waals surface area contributed by atoms with Crippen molar-refractivity contribution in [1.29, 1.82) is 0 Å². The van der Waals surface area contributed by atoms with Crippen molar-refractivity contribution < 1.29 is 9.47 Å². The molecule has 2 aliphatic rings. The number of anilines is 1. The number of pyridine rings is 1. The molecule has 0 aromatic carbocycles. The van der Waals surface area contributed by atoms with Crippen LogP contribution < -0.4 is 5.73 Å². The third-order valence-electron chi connectivity index (χ3n) is 3.83. The van der Waals surface area contributed by atoms with Crippen molar-refractivity contribution in [1.82, 2.24) is 9.88 Å². The molecule has 1 saturated heterocycles. The molecule has 1 saturated carbocycles. The quantitative estimate of drug-likeness (QED) is 0.849. The molecular formula is C15H23N3O2. The fourth-order valence-electron chi connectivity index (χ4n) is 2.53. The van der Waals surface area contributed by atoms with E-state index >= 15 is 0 Å². The van der Waals surface area contributed by atoms with Crippen molar-refractivity contribution in [2.75, 3.05) is 38.6 Å². The van der Waals surface area contributed by atoms with Gasteiger partial charge in [-0.1, -0.05) is 0 Å². The van der Waals surface area contributed by atoms with Crippen LogP contribution in [-0.4, -0.2) is 48.9 Å². The summed E-state index contributed by atoms with van der Waals surface area (Å²) in [6.07, 6.45) is 4.63. The molecule has 20 heavy (non-hydrogen) atoms. The molecule has 110 valence electrons. The van der Waals surface area contributed by atoms with Crippen molar-refractivity contribution in [3.05, 3.63) is 23.9 Å². The first kappa shape index (κ1) is 13.8. The molecule has 1 aromatic rings. The maximum absolute atomic E-state index is 5.77. The molecule has 1 unspecified atom stereocenters.